The molecule has 0 saturated heterocycles. The van der Waals surface area contributed by atoms with Crippen molar-refractivity contribution in [2.75, 3.05) is 25.9 Å². The quantitative estimate of drug-likeness (QED) is 0.436. The van der Waals surface area contributed by atoms with Crippen LogP contribution in [0.4, 0.5) is 0 Å². The van der Waals surface area contributed by atoms with Crippen molar-refractivity contribution in [2.24, 2.45) is 5.92 Å². The van der Waals surface area contributed by atoms with Gasteiger partial charge >= 0.3 is 11.9 Å². The zero-order chi connectivity index (χ0) is 18.8. The van der Waals surface area contributed by atoms with Crippen LogP contribution in [0.1, 0.15) is 38.8 Å². The average Bonchev–Trinajstić information content (AvgIpc) is 3.00. The number of carboxylic acid groups (broad SMARTS) is 2. The zero-order valence-electron chi connectivity index (χ0n) is 14.8. The molecule has 25 heavy (non-hydrogen) atoms. The van der Waals surface area contributed by atoms with Crippen molar-refractivity contribution in [3.8, 4) is 0 Å². The summed E-state index contributed by atoms with van der Waals surface area (Å²) < 4.78 is 8.97. The fourth-order valence-electron chi connectivity index (χ4n) is 2.20. The van der Waals surface area contributed by atoms with Crippen molar-refractivity contribution >= 4 is 41.0 Å². The second kappa shape index (κ2) is 11.2. The summed E-state index contributed by atoms with van der Waals surface area (Å²) in [4.78, 5) is 20.5. The Morgan fingerprint density at radius 2 is 2.00 bits per heavy atom. The van der Waals surface area contributed by atoms with Crippen LogP contribution in [-0.4, -0.2) is 61.7 Å². The first-order valence-corrected chi connectivity index (χ1v) is 9.82. The van der Waals surface area contributed by atoms with Crippen LogP contribution in [0.15, 0.2) is 11.1 Å². The molecule has 2 N–H and O–H groups in total. The summed E-state index contributed by atoms with van der Waals surface area (Å²) in [7, 11) is 2.17. The van der Waals surface area contributed by atoms with Gasteiger partial charge in [-0.1, -0.05) is 26.3 Å². The lowest BCUT2D eigenvalue weighted by Gasteiger charge is -2.22. The van der Waals surface area contributed by atoms with Gasteiger partial charge in [-0.3, -0.25) is 0 Å². The van der Waals surface area contributed by atoms with Crippen LogP contribution in [0.2, 0.25) is 0 Å². The largest absolute Gasteiger partial charge is 0.473 e. The van der Waals surface area contributed by atoms with Crippen molar-refractivity contribution < 1.29 is 19.8 Å². The summed E-state index contributed by atoms with van der Waals surface area (Å²) in [6.07, 6.45) is 6.01. The molecule has 2 heterocycles. The summed E-state index contributed by atoms with van der Waals surface area (Å²) in [6, 6.07) is 0. The van der Waals surface area contributed by atoms with Crippen LogP contribution in [0.25, 0.3) is 5.57 Å². The van der Waals surface area contributed by atoms with Crippen LogP contribution >= 0.6 is 23.5 Å². The molecule has 7 nitrogen and oxygen atoms in total. The van der Waals surface area contributed by atoms with Crippen molar-refractivity contribution in [1.82, 2.24) is 13.6 Å². The number of carbonyl (C=O) groups is 2. The van der Waals surface area contributed by atoms with Crippen LogP contribution in [0.3, 0.4) is 0 Å². The second-order valence-corrected chi connectivity index (χ2v) is 7.78. The Morgan fingerprint density at radius 3 is 2.56 bits per heavy atom. The Morgan fingerprint density at radius 1 is 1.32 bits per heavy atom. The van der Waals surface area contributed by atoms with E-state index in [9.17, 15) is 0 Å². The second-order valence-electron chi connectivity index (χ2n) is 6.17. The normalized spacial score (nSPS) is 14.6. The fraction of sp³-hybridized carbons (Fsp3) is 0.625. The molecule has 1 aromatic heterocycles. The van der Waals surface area contributed by atoms with E-state index in [-0.39, 0.29) is 0 Å². The molecule has 140 valence electrons. The number of hydrogen-bond donors (Lipinski definition) is 2. The summed E-state index contributed by atoms with van der Waals surface area (Å²) in [5.74, 6) is -1.70. The number of nitrogens with zero attached hydrogens (tertiary/aromatic N) is 3. The first-order chi connectivity index (χ1) is 11.8. The number of rotatable bonds is 6. The molecule has 0 unspecified atom stereocenters. The van der Waals surface area contributed by atoms with E-state index in [1.54, 1.807) is 0 Å². The average molecular weight is 388 g/mol. The highest BCUT2D eigenvalue weighted by molar-refractivity contribution is 7.99. The van der Waals surface area contributed by atoms with E-state index >= 15 is 0 Å². The Labute approximate surface area is 156 Å². The molecule has 0 saturated carbocycles. The van der Waals surface area contributed by atoms with Crippen LogP contribution in [0.5, 0.6) is 0 Å². The minimum absolute atomic E-state index is 0.795. The van der Waals surface area contributed by atoms with Gasteiger partial charge in [-0.05, 0) is 37.1 Å². The predicted molar refractivity (Wildman–Crippen MR) is 100 cm³/mol. The predicted octanol–water partition coefficient (Wildman–Crippen LogP) is 2.94. The van der Waals surface area contributed by atoms with Crippen LogP contribution < -0.4 is 0 Å². The Hall–Kier alpha value is -1.45. The lowest BCUT2D eigenvalue weighted by molar-refractivity contribution is -0.159. The van der Waals surface area contributed by atoms with Gasteiger partial charge in [0.05, 0.1) is 11.7 Å². The maximum atomic E-state index is 9.10. The monoisotopic (exact) mass is 387 g/mol. The Kier molecular flexibility index (Phi) is 9.69. The van der Waals surface area contributed by atoms with E-state index in [4.69, 9.17) is 19.8 Å². The molecule has 2 rings (SSSR count). The summed E-state index contributed by atoms with van der Waals surface area (Å²) in [5, 5.41) is 15.9. The minimum atomic E-state index is -1.82. The van der Waals surface area contributed by atoms with Gasteiger partial charge in [-0.25, -0.2) is 9.59 Å². The maximum absolute atomic E-state index is 9.10. The third-order valence-electron chi connectivity index (χ3n) is 3.45. The van der Waals surface area contributed by atoms with Gasteiger partial charge in [0.15, 0.2) is 0 Å². The molecule has 0 bridgehead atoms. The number of likely N-dealkylation sites (N-methyl/N-ethyl adjacent to an activating group) is 1. The maximum Gasteiger partial charge on any atom is 0.414 e. The minimum Gasteiger partial charge on any atom is -0.473 e. The molecule has 0 radical (unpaired) electrons. The van der Waals surface area contributed by atoms with Crippen molar-refractivity contribution in [2.45, 2.75) is 38.1 Å². The number of carboxylic acids is 2. The van der Waals surface area contributed by atoms with E-state index in [0.717, 1.165) is 41.9 Å². The first-order valence-electron chi connectivity index (χ1n) is 8.10. The number of aliphatic carboxylic acids is 2. The van der Waals surface area contributed by atoms with Crippen molar-refractivity contribution in [1.29, 1.82) is 0 Å². The molecule has 0 spiro atoms. The highest BCUT2D eigenvalue weighted by Crippen LogP contribution is 2.29. The first kappa shape index (κ1) is 21.6. The zero-order valence-corrected chi connectivity index (χ0v) is 16.4. The number of thioether (sulfide) groups is 1. The third-order valence-corrected chi connectivity index (χ3v) is 5.15. The van der Waals surface area contributed by atoms with Crippen LogP contribution in [-0.2, 0) is 9.59 Å². The van der Waals surface area contributed by atoms with E-state index in [2.05, 4.69) is 40.6 Å². The molecule has 1 aliphatic heterocycles. The van der Waals surface area contributed by atoms with E-state index in [1.165, 1.54) is 30.1 Å². The molecule has 0 amide bonds. The van der Waals surface area contributed by atoms with Gasteiger partial charge in [0.1, 0.15) is 10.7 Å². The molecule has 0 aromatic carbocycles. The Bertz CT molecular complexity index is 590. The van der Waals surface area contributed by atoms with Gasteiger partial charge in [-0.2, -0.15) is 8.75 Å². The van der Waals surface area contributed by atoms with Crippen LogP contribution in [0, 0.1) is 5.92 Å². The van der Waals surface area contributed by atoms with Gasteiger partial charge < -0.3 is 15.1 Å². The molecule has 9 heteroatoms. The summed E-state index contributed by atoms with van der Waals surface area (Å²) >= 11 is 3.21. The fourth-order valence-corrected chi connectivity index (χ4v) is 3.87. The van der Waals surface area contributed by atoms with Gasteiger partial charge in [0.25, 0.3) is 0 Å². The standard InChI is InChI=1S/C14H23N3S2.C2H2O4/c1-11(2)6-5-9-18-14-13(15-19-16-14)12-7-4-8-17(3)10-12;3-1(4)2(5)6/h7,11H,4-6,8-10H2,1-3H3;(H,3,4)(H,5,6). The highest BCUT2D eigenvalue weighted by Gasteiger charge is 2.17. The molecule has 0 atom stereocenters. The number of aromatic nitrogens is 2. The molecule has 1 aliphatic rings. The molecule has 0 fully saturated rings. The van der Waals surface area contributed by atoms with Crippen molar-refractivity contribution in [3.05, 3.63) is 11.8 Å². The van der Waals surface area contributed by atoms with Gasteiger partial charge in [0, 0.05) is 13.1 Å². The molecule has 1 aromatic rings. The molecular formula is C16H25N3O4S2. The topological polar surface area (TPSA) is 104 Å². The van der Waals surface area contributed by atoms with Gasteiger partial charge in [0.2, 0.25) is 0 Å². The van der Waals surface area contributed by atoms with E-state index in [1.807, 2.05) is 11.8 Å². The Balaban J connectivity index is 0.000000450. The third kappa shape index (κ3) is 8.46. The lowest BCUT2D eigenvalue weighted by atomic mass is 10.1. The molecule has 0 aliphatic carbocycles. The highest BCUT2D eigenvalue weighted by atomic mass is 32.2. The molecular weight excluding hydrogens is 362 g/mol. The lowest BCUT2D eigenvalue weighted by Crippen LogP contribution is -2.25. The smallest absolute Gasteiger partial charge is 0.414 e. The summed E-state index contributed by atoms with van der Waals surface area (Å²) in [5.41, 5.74) is 2.49. The number of hydrogen-bond acceptors (Lipinski definition) is 7. The van der Waals surface area contributed by atoms with E-state index < -0.39 is 11.9 Å². The summed E-state index contributed by atoms with van der Waals surface area (Å²) in [6.45, 7) is 6.72. The van der Waals surface area contributed by atoms with Crippen molar-refractivity contribution in [3.63, 3.8) is 0 Å². The SMILES string of the molecule is CC(C)CCCSc1nsnc1C1=CCCN(C)C1.O=C(O)C(=O)O. The van der Waals surface area contributed by atoms with Gasteiger partial charge in [-0.15, -0.1) is 11.8 Å². The van der Waals surface area contributed by atoms with E-state index in [0.29, 0.717) is 0 Å².